The Hall–Kier alpha value is -1.33. The lowest BCUT2D eigenvalue weighted by Crippen LogP contribution is -2.03. The van der Waals surface area contributed by atoms with Gasteiger partial charge in [0.05, 0.1) is 6.10 Å². The molecule has 88 valence electrons. The zero-order valence-corrected chi connectivity index (χ0v) is 9.94. The van der Waals surface area contributed by atoms with Crippen LogP contribution in [0.3, 0.4) is 0 Å². The zero-order valence-electron chi connectivity index (χ0n) is 9.12. The molecule has 0 heterocycles. The van der Waals surface area contributed by atoms with E-state index in [2.05, 4.69) is 4.18 Å². The van der Waals surface area contributed by atoms with Gasteiger partial charge in [-0.3, -0.25) is 0 Å². The fourth-order valence-electron chi connectivity index (χ4n) is 0.979. The number of rotatable bonds is 4. The fourth-order valence-corrected chi connectivity index (χ4v) is 1.77. The van der Waals surface area contributed by atoms with Gasteiger partial charge in [0.2, 0.25) is 0 Å². The molecule has 1 unspecified atom stereocenters. The predicted octanol–water partition coefficient (Wildman–Crippen LogP) is 1.59. The highest BCUT2D eigenvalue weighted by Gasteiger charge is 2.13. The molecule has 0 radical (unpaired) electrons. The summed E-state index contributed by atoms with van der Waals surface area (Å²) in [5.74, 6) is 0. The predicted molar refractivity (Wildman–Crippen MR) is 60.3 cm³/mol. The summed E-state index contributed by atoms with van der Waals surface area (Å²) in [6.07, 6.45) is 1.47. The van der Waals surface area contributed by atoms with Crippen LogP contribution in [0.15, 0.2) is 41.5 Å². The first-order valence-corrected chi connectivity index (χ1v) is 6.17. The molecule has 1 N–H and O–H groups in total. The van der Waals surface area contributed by atoms with Crippen molar-refractivity contribution in [2.75, 3.05) is 0 Å². The lowest BCUT2D eigenvalue weighted by Gasteiger charge is -2.03. The highest BCUT2D eigenvalue weighted by Crippen LogP contribution is 2.13. The second-order valence-corrected chi connectivity index (χ2v) is 5.00. The van der Waals surface area contributed by atoms with E-state index in [1.807, 2.05) is 6.92 Å². The van der Waals surface area contributed by atoms with Crippen molar-refractivity contribution in [1.29, 1.82) is 0 Å². The van der Waals surface area contributed by atoms with Crippen LogP contribution in [0, 0.1) is 6.92 Å². The van der Waals surface area contributed by atoms with E-state index in [0.29, 0.717) is 0 Å². The maximum absolute atomic E-state index is 11.6. The molecule has 0 aliphatic heterocycles. The molecule has 0 aliphatic rings. The minimum absolute atomic E-state index is 0.0911. The molecule has 0 fully saturated rings. The number of aryl methyl sites for hydroxylation is 1. The first-order valence-electron chi connectivity index (χ1n) is 4.76. The van der Waals surface area contributed by atoms with Crippen LogP contribution in [0.1, 0.15) is 12.5 Å². The highest BCUT2D eigenvalue weighted by atomic mass is 32.2. The topological polar surface area (TPSA) is 63.6 Å². The number of benzene rings is 1. The van der Waals surface area contributed by atoms with Gasteiger partial charge in [-0.25, -0.2) is 0 Å². The fraction of sp³-hybridized carbons (Fsp3) is 0.273. The van der Waals surface area contributed by atoms with E-state index in [0.717, 1.165) is 11.8 Å². The molecule has 0 saturated heterocycles. The standard InChI is InChI=1S/C11H14O4S/c1-9-3-5-11(6-4-9)16(13,14)15-8-7-10(2)12/h3-8,10,12H,1-2H3. The lowest BCUT2D eigenvalue weighted by molar-refractivity contribution is 0.241. The molecular formula is C11H14O4S. The average Bonchev–Trinajstić information content (AvgIpc) is 2.17. The Morgan fingerprint density at radius 3 is 2.38 bits per heavy atom. The van der Waals surface area contributed by atoms with Gasteiger partial charge < -0.3 is 9.29 Å². The van der Waals surface area contributed by atoms with Crippen LogP contribution in [0.5, 0.6) is 0 Å². The van der Waals surface area contributed by atoms with Crippen LogP contribution in [0.4, 0.5) is 0 Å². The van der Waals surface area contributed by atoms with Crippen LogP contribution >= 0.6 is 0 Å². The van der Waals surface area contributed by atoms with E-state index in [9.17, 15) is 8.42 Å². The van der Waals surface area contributed by atoms with Crippen molar-refractivity contribution in [3.63, 3.8) is 0 Å². The number of hydrogen-bond acceptors (Lipinski definition) is 4. The van der Waals surface area contributed by atoms with Crippen molar-refractivity contribution in [2.24, 2.45) is 0 Å². The largest absolute Gasteiger partial charge is 0.389 e. The third-order valence-corrected chi connectivity index (χ3v) is 3.06. The van der Waals surface area contributed by atoms with E-state index in [1.54, 1.807) is 12.1 Å². The Bertz CT molecular complexity index is 457. The van der Waals surface area contributed by atoms with Crippen molar-refractivity contribution in [2.45, 2.75) is 24.8 Å². The normalized spacial score (nSPS) is 13.9. The summed E-state index contributed by atoms with van der Waals surface area (Å²) in [7, 11) is -3.77. The summed E-state index contributed by atoms with van der Waals surface area (Å²) in [5.41, 5.74) is 0.971. The molecule has 5 heteroatoms. The maximum Gasteiger partial charge on any atom is 0.338 e. The summed E-state index contributed by atoms with van der Waals surface area (Å²) < 4.78 is 27.7. The van der Waals surface area contributed by atoms with E-state index in [1.165, 1.54) is 25.1 Å². The van der Waals surface area contributed by atoms with Crippen LogP contribution in [0.2, 0.25) is 0 Å². The third kappa shape index (κ3) is 3.67. The monoisotopic (exact) mass is 242 g/mol. The highest BCUT2D eigenvalue weighted by molar-refractivity contribution is 7.86. The van der Waals surface area contributed by atoms with Gasteiger partial charge in [0.15, 0.2) is 0 Å². The van der Waals surface area contributed by atoms with Crippen LogP contribution < -0.4 is 0 Å². The smallest absolute Gasteiger partial charge is 0.338 e. The van der Waals surface area contributed by atoms with Crippen LogP contribution in [-0.4, -0.2) is 19.6 Å². The third-order valence-electron chi connectivity index (χ3n) is 1.85. The molecule has 0 aromatic heterocycles. The van der Waals surface area contributed by atoms with Gasteiger partial charge in [0.25, 0.3) is 0 Å². The quantitative estimate of drug-likeness (QED) is 0.643. The van der Waals surface area contributed by atoms with Gasteiger partial charge in [0, 0.05) is 0 Å². The van der Waals surface area contributed by atoms with Crippen LogP contribution in [-0.2, 0) is 14.3 Å². The molecule has 1 aromatic carbocycles. The van der Waals surface area contributed by atoms with Crippen molar-refractivity contribution < 1.29 is 17.7 Å². The summed E-state index contributed by atoms with van der Waals surface area (Å²) >= 11 is 0. The Balaban J connectivity index is 2.82. The van der Waals surface area contributed by atoms with Crippen molar-refractivity contribution in [1.82, 2.24) is 0 Å². The zero-order chi connectivity index (χ0) is 12.2. The molecular weight excluding hydrogens is 228 g/mol. The van der Waals surface area contributed by atoms with Gasteiger partial charge in [-0.15, -0.1) is 0 Å². The molecule has 1 aromatic rings. The molecule has 0 saturated carbocycles. The number of aliphatic hydroxyl groups is 1. The molecule has 16 heavy (non-hydrogen) atoms. The summed E-state index contributed by atoms with van der Waals surface area (Å²) in [4.78, 5) is 0.0911. The number of aliphatic hydroxyl groups excluding tert-OH is 1. The molecule has 4 nitrogen and oxygen atoms in total. The molecule has 0 bridgehead atoms. The first-order chi connectivity index (χ1) is 7.42. The summed E-state index contributed by atoms with van der Waals surface area (Å²) in [6, 6.07) is 6.32. The van der Waals surface area contributed by atoms with Gasteiger partial charge in [-0.05, 0) is 32.1 Å². The van der Waals surface area contributed by atoms with E-state index >= 15 is 0 Å². The average molecular weight is 242 g/mol. The molecule has 0 spiro atoms. The van der Waals surface area contributed by atoms with E-state index in [-0.39, 0.29) is 4.90 Å². The van der Waals surface area contributed by atoms with Crippen molar-refractivity contribution in [3.8, 4) is 0 Å². The second-order valence-electron chi connectivity index (χ2n) is 3.43. The Labute approximate surface area is 95.3 Å². The Kier molecular flexibility index (Phi) is 4.09. The summed E-state index contributed by atoms with van der Waals surface area (Å²) in [6.45, 7) is 3.36. The molecule has 1 rings (SSSR count). The minimum Gasteiger partial charge on any atom is -0.389 e. The van der Waals surface area contributed by atoms with Crippen molar-refractivity contribution >= 4 is 10.1 Å². The Morgan fingerprint density at radius 1 is 1.31 bits per heavy atom. The van der Waals surface area contributed by atoms with Gasteiger partial charge in [-0.1, -0.05) is 17.7 Å². The van der Waals surface area contributed by atoms with E-state index in [4.69, 9.17) is 5.11 Å². The lowest BCUT2D eigenvalue weighted by atomic mass is 10.2. The Morgan fingerprint density at radius 2 is 1.88 bits per heavy atom. The second kappa shape index (κ2) is 5.14. The maximum atomic E-state index is 11.6. The minimum atomic E-state index is -3.77. The first kappa shape index (κ1) is 12.7. The molecule has 1 atom stereocenters. The SMILES string of the molecule is Cc1ccc(S(=O)(=O)OC=CC(C)O)cc1. The number of hydrogen-bond donors (Lipinski definition) is 1. The van der Waals surface area contributed by atoms with Crippen molar-refractivity contribution in [3.05, 3.63) is 42.2 Å². The molecule has 0 amide bonds. The van der Waals surface area contributed by atoms with Gasteiger partial charge >= 0.3 is 10.1 Å². The van der Waals surface area contributed by atoms with Crippen LogP contribution in [0.25, 0.3) is 0 Å². The van der Waals surface area contributed by atoms with Gasteiger partial charge in [0.1, 0.15) is 11.2 Å². The van der Waals surface area contributed by atoms with E-state index < -0.39 is 16.2 Å². The molecule has 0 aliphatic carbocycles. The van der Waals surface area contributed by atoms with Gasteiger partial charge in [-0.2, -0.15) is 8.42 Å². The summed E-state index contributed by atoms with van der Waals surface area (Å²) in [5, 5.41) is 8.89.